The number of anilines is 1. The predicted molar refractivity (Wildman–Crippen MR) is 108 cm³/mol. The normalized spacial score (nSPS) is 16.6. The molecule has 0 atom stereocenters. The smallest absolute Gasteiger partial charge is 0.292 e. The van der Waals surface area contributed by atoms with Gasteiger partial charge >= 0.3 is 0 Å². The van der Waals surface area contributed by atoms with Gasteiger partial charge in [0.15, 0.2) is 0 Å². The topological polar surface area (TPSA) is 55.2 Å². The third-order valence-corrected chi connectivity index (χ3v) is 5.14. The third-order valence-electron chi connectivity index (χ3n) is 5.14. The van der Waals surface area contributed by atoms with Crippen molar-refractivity contribution in [2.75, 3.05) is 31.5 Å². The average Bonchev–Trinajstić information content (AvgIpc) is 2.60. The number of benzene rings is 1. The first kappa shape index (κ1) is 20.2. The van der Waals surface area contributed by atoms with Crippen molar-refractivity contribution in [2.45, 2.75) is 46.6 Å². The van der Waals surface area contributed by atoms with Gasteiger partial charge in [-0.2, -0.15) is 0 Å². The van der Waals surface area contributed by atoms with Gasteiger partial charge in [0.1, 0.15) is 5.69 Å². The van der Waals surface area contributed by atoms with Crippen molar-refractivity contribution in [2.24, 2.45) is 0 Å². The molecule has 0 aromatic heterocycles. The Bertz CT molecular complexity index is 656. The molecule has 0 radical (unpaired) electrons. The van der Waals surface area contributed by atoms with Crippen molar-refractivity contribution in [3.63, 3.8) is 0 Å². The minimum absolute atomic E-state index is 0.160. The van der Waals surface area contributed by atoms with Crippen LogP contribution in [0.1, 0.15) is 40.5 Å². The first-order valence-electron chi connectivity index (χ1n) is 9.43. The minimum Gasteiger partial charge on any atom is -0.376 e. The number of rotatable bonds is 7. The van der Waals surface area contributed by atoms with E-state index in [2.05, 4.69) is 45.2 Å². The number of hydrogen-bond donors (Lipinski definition) is 1. The molecule has 1 aliphatic rings. The summed E-state index contributed by atoms with van der Waals surface area (Å²) >= 11 is 0. The number of quaternary nitrogens is 1. The molecule has 1 saturated heterocycles. The number of nitro groups is 1. The second-order valence-electron chi connectivity index (χ2n) is 7.91. The maximum Gasteiger partial charge on any atom is 0.292 e. The van der Waals surface area contributed by atoms with E-state index < -0.39 is 0 Å². The molecule has 26 heavy (non-hydrogen) atoms. The van der Waals surface area contributed by atoms with Crippen molar-refractivity contribution in [1.82, 2.24) is 0 Å². The van der Waals surface area contributed by atoms with Gasteiger partial charge in [0, 0.05) is 24.9 Å². The van der Waals surface area contributed by atoms with Crippen molar-refractivity contribution in [3.05, 3.63) is 57.7 Å². The van der Waals surface area contributed by atoms with E-state index in [1.54, 1.807) is 18.2 Å². The molecule has 1 fully saturated rings. The van der Waals surface area contributed by atoms with E-state index in [4.69, 9.17) is 0 Å². The Morgan fingerprint density at radius 3 is 2.15 bits per heavy atom. The van der Waals surface area contributed by atoms with Gasteiger partial charge in [-0.05, 0) is 45.9 Å². The molecule has 142 valence electrons. The molecule has 0 saturated carbocycles. The lowest BCUT2D eigenvalue weighted by atomic mass is 10.0. The molecule has 1 heterocycles. The van der Waals surface area contributed by atoms with Crippen LogP contribution in [0, 0.1) is 10.1 Å². The Labute approximate surface area is 157 Å². The number of nitrogens with one attached hydrogen (secondary N) is 1. The summed E-state index contributed by atoms with van der Waals surface area (Å²) in [6.45, 7) is 12.9. The van der Waals surface area contributed by atoms with E-state index in [1.165, 1.54) is 11.1 Å². The van der Waals surface area contributed by atoms with Gasteiger partial charge in [-0.25, -0.2) is 0 Å². The van der Waals surface area contributed by atoms with E-state index in [1.807, 2.05) is 6.07 Å². The molecule has 0 aliphatic carbocycles. The van der Waals surface area contributed by atoms with Crippen LogP contribution in [0.5, 0.6) is 0 Å². The van der Waals surface area contributed by atoms with E-state index >= 15 is 0 Å². The van der Waals surface area contributed by atoms with Crippen molar-refractivity contribution < 1.29 is 9.41 Å². The lowest BCUT2D eigenvalue weighted by Gasteiger charge is -2.43. The standard InChI is InChI=1S/C21H32N3O2/c1-17(2)9-13-24(14-10-18(3)4)15-11-19(12-16-24)22-20-7-5-6-8-21(20)23(25)26/h5-10,19,22H,11-16H2,1-4H3/q+1. The fourth-order valence-corrected chi connectivity index (χ4v) is 3.43. The van der Waals surface area contributed by atoms with Crippen LogP contribution in [0.25, 0.3) is 0 Å². The third kappa shape index (κ3) is 5.70. The SMILES string of the molecule is CC(C)=CC[N+]1(CC=C(C)C)CCC(Nc2ccccc2[N+](=O)[O-])CC1. The largest absolute Gasteiger partial charge is 0.376 e. The molecule has 0 unspecified atom stereocenters. The van der Waals surface area contributed by atoms with Gasteiger partial charge < -0.3 is 9.80 Å². The van der Waals surface area contributed by atoms with Gasteiger partial charge in [0.05, 0.1) is 31.1 Å². The van der Waals surface area contributed by atoms with Crippen LogP contribution in [0.2, 0.25) is 0 Å². The summed E-state index contributed by atoms with van der Waals surface area (Å²) in [5.41, 5.74) is 3.52. The molecular formula is C21H32N3O2+. The summed E-state index contributed by atoms with van der Waals surface area (Å²) in [6, 6.07) is 7.23. The zero-order valence-electron chi connectivity index (χ0n) is 16.5. The van der Waals surface area contributed by atoms with Crippen LogP contribution in [-0.2, 0) is 0 Å². The van der Waals surface area contributed by atoms with E-state index in [0.29, 0.717) is 11.7 Å². The number of nitro benzene ring substituents is 1. The molecule has 1 aromatic rings. The maximum atomic E-state index is 11.2. The monoisotopic (exact) mass is 358 g/mol. The van der Waals surface area contributed by atoms with Crippen molar-refractivity contribution in [1.29, 1.82) is 0 Å². The maximum absolute atomic E-state index is 11.2. The molecule has 0 amide bonds. The summed E-state index contributed by atoms with van der Waals surface area (Å²) < 4.78 is 1.07. The number of piperidine rings is 1. The highest BCUT2D eigenvalue weighted by Gasteiger charge is 2.33. The molecule has 2 rings (SSSR count). The Morgan fingerprint density at radius 2 is 1.65 bits per heavy atom. The number of para-hydroxylation sites is 2. The quantitative estimate of drug-likeness (QED) is 0.326. The highest BCUT2D eigenvalue weighted by molar-refractivity contribution is 5.61. The zero-order chi connectivity index (χ0) is 19.2. The van der Waals surface area contributed by atoms with E-state index in [9.17, 15) is 10.1 Å². The molecule has 0 bridgehead atoms. The first-order valence-corrected chi connectivity index (χ1v) is 9.43. The molecule has 1 aromatic carbocycles. The highest BCUT2D eigenvalue weighted by atomic mass is 16.6. The summed E-state index contributed by atoms with van der Waals surface area (Å²) in [7, 11) is 0. The Balaban J connectivity index is 2.06. The van der Waals surface area contributed by atoms with Gasteiger partial charge in [-0.3, -0.25) is 10.1 Å². The fraction of sp³-hybridized carbons (Fsp3) is 0.524. The second kappa shape index (κ2) is 8.99. The zero-order valence-corrected chi connectivity index (χ0v) is 16.5. The highest BCUT2D eigenvalue weighted by Crippen LogP contribution is 2.28. The molecule has 0 spiro atoms. The van der Waals surface area contributed by atoms with Crippen molar-refractivity contribution >= 4 is 11.4 Å². The summed E-state index contributed by atoms with van der Waals surface area (Å²) in [6.07, 6.45) is 6.74. The van der Waals surface area contributed by atoms with Crippen LogP contribution < -0.4 is 5.32 Å². The lowest BCUT2D eigenvalue weighted by molar-refractivity contribution is -0.922. The van der Waals surface area contributed by atoms with Crippen LogP contribution in [-0.4, -0.2) is 41.6 Å². The second-order valence-corrected chi connectivity index (χ2v) is 7.91. The molecule has 1 aliphatic heterocycles. The van der Waals surface area contributed by atoms with Gasteiger partial charge in [-0.15, -0.1) is 0 Å². The molecular weight excluding hydrogens is 326 g/mol. The summed E-state index contributed by atoms with van der Waals surface area (Å²) in [5, 5.41) is 14.6. The average molecular weight is 359 g/mol. The molecule has 5 heteroatoms. The lowest BCUT2D eigenvalue weighted by Crippen LogP contribution is -2.55. The predicted octanol–water partition coefficient (Wildman–Crippen LogP) is 4.92. The Morgan fingerprint density at radius 1 is 1.12 bits per heavy atom. The van der Waals surface area contributed by atoms with Crippen molar-refractivity contribution in [3.8, 4) is 0 Å². The van der Waals surface area contributed by atoms with E-state index in [-0.39, 0.29) is 10.6 Å². The van der Waals surface area contributed by atoms with Crippen LogP contribution in [0.15, 0.2) is 47.6 Å². The van der Waals surface area contributed by atoms with Gasteiger partial charge in [0.2, 0.25) is 0 Å². The number of hydrogen-bond acceptors (Lipinski definition) is 3. The minimum atomic E-state index is -0.310. The fourth-order valence-electron chi connectivity index (χ4n) is 3.43. The van der Waals surface area contributed by atoms with Crippen LogP contribution in [0.4, 0.5) is 11.4 Å². The van der Waals surface area contributed by atoms with Gasteiger partial charge in [0.25, 0.3) is 5.69 Å². The van der Waals surface area contributed by atoms with Crippen LogP contribution >= 0.6 is 0 Å². The Hall–Kier alpha value is -2.14. The number of nitrogens with zero attached hydrogens (tertiary/aromatic N) is 2. The van der Waals surface area contributed by atoms with E-state index in [0.717, 1.165) is 43.5 Å². The summed E-state index contributed by atoms with van der Waals surface area (Å²) in [5.74, 6) is 0. The number of allylic oxidation sites excluding steroid dienone is 2. The number of likely N-dealkylation sites (tertiary alicyclic amines) is 1. The van der Waals surface area contributed by atoms with Crippen LogP contribution in [0.3, 0.4) is 0 Å². The molecule has 5 nitrogen and oxygen atoms in total. The Kier molecular flexibility index (Phi) is 6.98. The summed E-state index contributed by atoms with van der Waals surface area (Å²) in [4.78, 5) is 10.9. The first-order chi connectivity index (χ1) is 12.3. The van der Waals surface area contributed by atoms with Gasteiger partial charge in [-0.1, -0.05) is 23.3 Å². The molecule has 1 N–H and O–H groups in total.